The van der Waals surface area contributed by atoms with Crippen LogP contribution in [0.1, 0.15) is 5.82 Å². The van der Waals surface area contributed by atoms with Gasteiger partial charge in [0.15, 0.2) is 0 Å². The summed E-state index contributed by atoms with van der Waals surface area (Å²) < 4.78 is 31.6. The first kappa shape index (κ1) is 14.3. The van der Waals surface area contributed by atoms with E-state index in [2.05, 4.69) is 19.9 Å². The lowest BCUT2D eigenvalue weighted by Gasteiger charge is -2.09. The minimum atomic E-state index is -3.61. The smallest absolute Gasteiger partial charge is 0.240 e. The third kappa shape index (κ3) is 3.25. The molecule has 1 aromatic carbocycles. The van der Waals surface area contributed by atoms with Crippen molar-refractivity contribution in [3.63, 3.8) is 0 Å². The van der Waals surface area contributed by atoms with Gasteiger partial charge in [-0.3, -0.25) is 5.10 Å². The van der Waals surface area contributed by atoms with E-state index in [4.69, 9.17) is 10.5 Å². The second-order valence-corrected chi connectivity index (χ2v) is 5.75. The number of nitrogen functional groups attached to an aromatic ring is 1. The molecule has 0 aliphatic rings. The number of aromatic nitrogens is 3. The summed E-state index contributed by atoms with van der Waals surface area (Å²) in [5.41, 5.74) is 5.96. The lowest BCUT2D eigenvalue weighted by molar-refractivity contribution is 0.416. The summed E-state index contributed by atoms with van der Waals surface area (Å²) in [6.07, 6.45) is 1.79. The maximum absolute atomic E-state index is 12.1. The number of H-pyrrole nitrogens is 1. The molecule has 9 heteroatoms. The van der Waals surface area contributed by atoms with Crippen molar-refractivity contribution in [1.29, 1.82) is 0 Å². The summed E-state index contributed by atoms with van der Waals surface area (Å²) in [6, 6.07) is 4.31. The van der Waals surface area contributed by atoms with Crippen molar-refractivity contribution in [3.05, 3.63) is 30.4 Å². The van der Waals surface area contributed by atoms with E-state index in [-0.39, 0.29) is 17.1 Å². The van der Waals surface area contributed by atoms with Gasteiger partial charge in [-0.15, -0.1) is 0 Å². The average molecular weight is 297 g/mol. The van der Waals surface area contributed by atoms with Crippen molar-refractivity contribution in [2.45, 2.75) is 11.3 Å². The standard InChI is InChI=1S/C11H15N5O3S/c1-19-10-3-2-8(6-9(10)12)20(17,18)15-5-4-11-13-7-14-16-11/h2-3,6-7,15H,4-5,12H2,1H3,(H,13,14,16). The number of nitrogens with two attached hydrogens (primary N) is 1. The predicted octanol–water partition coefficient (Wildman–Crippen LogP) is -0.0835. The third-order valence-electron chi connectivity index (χ3n) is 2.63. The second kappa shape index (κ2) is 5.88. The summed E-state index contributed by atoms with van der Waals surface area (Å²) >= 11 is 0. The Kier molecular flexibility index (Phi) is 4.20. The molecule has 0 aliphatic carbocycles. The summed E-state index contributed by atoms with van der Waals surface area (Å²) in [7, 11) is -2.14. The van der Waals surface area contributed by atoms with E-state index < -0.39 is 10.0 Å². The summed E-state index contributed by atoms with van der Waals surface area (Å²) in [5.74, 6) is 1.05. The average Bonchev–Trinajstić information content (AvgIpc) is 2.91. The van der Waals surface area contributed by atoms with Gasteiger partial charge in [0.05, 0.1) is 17.7 Å². The number of nitrogens with zero attached hydrogens (tertiary/aromatic N) is 2. The summed E-state index contributed by atoms with van der Waals surface area (Å²) in [6.45, 7) is 0.212. The van der Waals surface area contributed by atoms with Crippen LogP contribution in [-0.4, -0.2) is 37.3 Å². The van der Waals surface area contributed by atoms with Crippen molar-refractivity contribution >= 4 is 15.7 Å². The van der Waals surface area contributed by atoms with Crippen LogP contribution in [0.25, 0.3) is 0 Å². The Morgan fingerprint density at radius 3 is 2.85 bits per heavy atom. The lowest BCUT2D eigenvalue weighted by atomic mass is 10.3. The summed E-state index contributed by atoms with van der Waals surface area (Å²) in [5, 5.41) is 6.34. The normalized spacial score (nSPS) is 11.4. The molecule has 0 aliphatic heterocycles. The van der Waals surface area contributed by atoms with Gasteiger partial charge in [-0.1, -0.05) is 0 Å². The monoisotopic (exact) mass is 297 g/mol. The van der Waals surface area contributed by atoms with E-state index in [1.807, 2.05) is 0 Å². The number of nitrogens with one attached hydrogen (secondary N) is 2. The molecule has 0 bridgehead atoms. The predicted molar refractivity (Wildman–Crippen MR) is 72.7 cm³/mol. The molecule has 0 spiro atoms. The zero-order valence-corrected chi connectivity index (χ0v) is 11.6. The van der Waals surface area contributed by atoms with Crippen molar-refractivity contribution in [2.75, 3.05) is 19.4 Å². The van der Waals surface area contributed by atoms with Gasteiger partial charge in [-0.2, -0.15) is 5.10 Å². The Hall–Kier alpha value is -2.13. The van der Waals surface area contributed by atoms with E-state index in [0.717, 1.165) is 0 Å². The van der Waals surface area contributed by atoms with Crippen LogP contribution in [0.15, 0.2) is 29.4 Å². The maximum atomic E-state index is 12.1. The number of rotatable bonds is 6. The molecule has 0 saturated heterocycles. The first-order valence-electron chi connectivity index (χ1n) is 5.80. The van der Waals surface area contributed by atoms with Crippen LogP contribution in [0.3, 0.4) is 0 Å². The van der Waals surface area contributed by atoms with Gasteiger partial charge in [0.2, 0.25) is 10.0 Å². The molecule has 0 radical (unpaired) electrons. The molecule has 4 N–H and O–H groups in total. The Balaban J connectivity index is 2.04. The zero-order chi connectivity index (χ0) is 14.6. The van der Waals surface area contributed by atoms with Crippen LogP contribution in [0, 0.1) is 0 Å². The number of methoxy groups -OCH3 is 1. The largest absolute Gasteiger partial charge is 0.495 e. The van der Waals surface area contributed by atoms with Crippen LogP contribution >= 0.6 is 0 Å². The summed E-state index contributed by atoms with van der Waals surface area (Å²) in [4.78, 5) is 4.00. The lowest BCUT2D eigenvalue weighted by Crippen LogP contribution is -2.26. The molecule has 108 valence electrons. The highest BCUT2D eigenvalue weighted by molar-refractivity contribution is 7.89. The third-order valence-corrected chi connectivity index (χ3v) is 4.09. The highest BCUT2D eigenvalue weighted by Gasteiger charge is 2.15. The highest BCUT2D eigenvalue weighted by Crippen LogP contribution is 2.24. The molecule has 0 saturated carbocycles. The molecule has 1 heterocycles. The van der Waals surface area contributed by atoms with Crippen LogP contribution in [-0.2, 0) is 16.4 Å². The second-order valence-electron chi connectivity index (χ2n) is 3.98. The van der Waals surface area contributed by atoms with Gasteiger partial charge in [-0.25, -0.2) is 18.1 Å². The quantitative estimate of drug-likeness (QED) is 0.641. The number of sulfonamides is 1. The van der Waals surface area contributed by atoms with Gasteiger partial charge in [0.1, 0.15) is 17.9 Å². The first-order valence-corrected chi connectivity index (χ1v) is 7.28. The fourth-order valence-electron chi connectivity index (χ4n) is 1.62. The van der Waals surface area contributed by atoms with Crippen LogP contribution < -0.4 is 15.2 Å². The van der Waals surface area contributed by atoms with Gasteiger partial charge in [0, 0.05) is 13.0 Å². The molecule has 0 amide bonds. The number of hydrogen-bond donors (Lipinski definition) is 3. The molecule has 20 heavy (non-hydrogen) atoms. The van der Waals surface area contributed by atoms with Gasteiger partial charge in [-0.05, 0) is 18.2 Å². The number of benzene rings is 1. The van der Waals surface area contributed by atoms with E-state index in [9.17, 15) is 8.42 Å². The van der Waals surface area contributed by atoms with Crippen LogP contribution in [0.5, 0.6) is 5.75 Å². The Morgan fingerprint density at radius 1 is 1.45 bits per heavy atom. The van der Waals surface area contributed by atoms with Crippen molar-refractivity contribution < 1.29 is 13.2 Å². The van der Waals surface area contributed by atoms with Gasteiger partial charge < -0.3 is 10.5 Å². The number of hydrogen-bond acceptors (Lipinski definition) is 6. The van der Waals surface area contributed by atoms with E-state index in [0.29, 0.717) is 18.0 Å². The van der Waals surface area contributed by atoms with Gasteiger partial charge >= 0.3 is 0 Å². The van der Waals surface area contributed by atoms with Crippen molar-refractivity contribution in [3.8, 4) is 5.75 Å². The molecule has 0 fully saturated rings. The van der Waals surface area contributed by atoms with E-state index >= 15 is 0 Å². The van der Waals surface area contributed by atoms with Gasteiger partial charge in [0.25, 0.3) is 0 Å². The molecule has 8 nitrogen and oxygen atoms in total. The van der Waals surface area contributed by atoms with Crippen molar-refractivity contribution in [1.82, 2.24) is 19.9 Å². The Bertz CT molecular complexity index is 669. The first-order chi connectivity index (χ1) is 9.53. The molecule has 2 aromatic rings. The molecule has 0 atom stereocenters. The van der Waals surface area contributed by atoms with E-state index in [1.165, 1.54) is 31.6 Å². The number of ether oxygens (including phenoxy) is 1. The minimum absolute atomic E-state index is 0.0911. The highest BCUT2D eigenvalue weighted by atomic mass is 32.2. The zero-order valence-electron chi connectivity index (χ0n) is 10.8. The molecule has 1 aromatic heterocycles. The Labute approximate surface area is 116 Å². The number of anilines is 1. The van der Waals surface area contributed by atoms with E-state index in [1.54, 1.807) is 0 Å². The molecular formula is C11H15N5O3S. The fraction of sp³-hybridized carbons (Fsp3) is 0.273. The minimum Gasteiger partial charge on any atom is -0.495 e. The van der Waals surface area contributed by atoms with Crippen LogP contribution in [0.2, 0.25) is 0 Å². The Morgan fingerprint density at radius 2 is 2.25 bits per heavy atom. The molecule has 2 rings (SSSR count). The SMILES string of the molecule is COc1ccc(S(=O)(=O)NCCc2ncn[nH]2)cc1N. The topological polar surface area (TPSA) is 123 Å². The van der Waals surface area contributed by atoms with Crippen LogP contribution in [0.4, 0.5) is 5.69 Å². The molecule has 0 unspecified atom stereocenters. The van der Waals surface area contributed by atoms with Crippen molar-refractivity contribution in [2.24, 2.45) is 0 Å². The fourth-order valence-corrected chi connectivity index (χ4v) is 2.68. The number of aromatic amines is 1. The molecular weight excluding hydrogens is 282 g/mol. The maximum Gasteiger partial charge on any atom is 0.240 e.